The van der Waals surface area contributed by atoms with Crippen molar-refractivity contribution in [1.82, 2.24) is 0 Å². The highest BCUT2D eigenvalue weighted by Gasteiger charge is 2.12. The van der Waals surface area contributed by atoms with Crippen LogP contribution in [0.1, 0.15) is 42.5 Å². The fourth-order valence-electron chi connectivity index (χ4n) is 1.88. The molecule has 1 aromatic carbocycles. The first-order valence-electron chi connectivity index (χ1n) is 5.63. The number of ketones is 1. The van der Waals surface area contributed by atoms with Gasteiger partial charge in [-0.2, -0.15) is 0 Å². The van der Waals surface area contributed by atoms with Gasteiger partial charge in [-0.25, -0.2) is 0 Å². The minimum absolute atomic E-state index is 0.215. The van der Waals surface area contributed by atoms with E-state index in [0.29, 0.717) is 6.42 Å². The molecule has 1 aliphatic rings. The number of hydrogen-bond donors (Lipinski definition) is 0. The average Bonchev–Trinajstić information content (AvgIpc) is 2.28. The van der Waals surface area contributed by atoms with Crippen LogP contribution in [0.2, 0.25) is 0 Å². The molecule has 2 nitrogen and oxygen atoms in total. The van der Waals surface area contributed by atoms with Crippen LogP contribution in [0.5, 0.6) is 5.75 Å². The molecule has 0 atom stereocenters. The van der Waals surface area contributed by atoms with E-state index in [2.05, 4.69) is 0 Å². The average molecular weight is 204 g/mol. The Labute approximate surface area is 90.3 Å². The van der Waals surface area contributed by atoms with Crippen molar-refractivity contribution in [3.05, 3.63) is 29.8 Å². The Hall–Kier alpha value is -1.31. The topological polar surface area (TPSA) is 26.3 Å². The van der Waals surface area contributed by atoms with Gasteiger partial charge in [-0.15, -0.1) is 0 Å². The molecule has 0 N–H and O–H groups in total. The van der Waals surface area contributed by atoms with E-state index in [0.717, 1.165) is 43.6 Å². The van der Waals surface area contributed by atoms with E-state index < -0.39 is 0 Å². The fraction of sp³-hybridized carbons (Fsp3) is 0.462. The predicted octanol–water partition coefficient (Wildman–Crippen LogP) is 3.21. The Morgan fingerprint density at radius 2 is 1.80 bits per heavy atom. The van der Waals surface area contributed by atoms with Gasteiger partial charge in [0.05, 0.1) is 12.2 Å². The second-order valence-electron chi connectivity index (χ2n) is 3.93. The highest BCUT2D eigenvalue weighted by molar-refractivity contribution is 5.98. The van der Waals surface area contributed by atoms with Gasteiger partial charge in [0, 0.05) is 6.42 Å². The first kappa shape index (κ1) is 10.2. The highest BCUT2D eigenvalue weighted by atomic mass is 16.5. The molecule has 1 aromatic rings. The summed E-state index contributed by atoms with van der Waals surface area (Å²) in [6.45, 7) is 0.726. The first-order chi connectivity index (χ1) is 7.38. The summed E-state index contributed by atoms with van der Waals surface area (Å²) in [5.41, 5.74) is 0.749. The van der Waals surface area contributed by atoms with Gasteiger partial charge in [0.15, 0.2) is 5.78 Å². The lowest BCUT2D eigenvalue weighted by Gasteiger charge is -2.12. The molecule has 0 radical (unpaired) electrons. The molecule has 0 amide bonds. The van der Waals surface area contributed by atoms with Crippen LogP contribution in [0.15, 0.2) is 24.3 Å². The third-order valence-electron chi connectivity index (χ3n) is 2.74. The summed E-state index contributed by atoms with van der Waals surface area (Å²) in [5.74, 6) is 0.969. The lowest BCUT2D eigenvalue weighted by atomic mass is 10.0. The number of carbonyl (C=O) groups excluding carboxylic acids is 1. The van der Waals surface area contributed by atoms with Crippen molar-refractivity contribution in [2.75, 3.05) is 6.61 Å². The lowest BCUT2D eigenvalue weighted by Crippen LogP contribution is -2.07. The number of benzene rings is 1. The number of hydrogen-bond acceptors (Lipinski definition) is 2. The smallest absolute Gasteiger partial charge is 0.166 e. The van der Waals surface area contributed by atoms with E-state index in [1.54, 1.807) is 0 Å². The molecule has 0 bridgehead atoms. The van der Waals surface area contributed by atoms with Gasteiger partial charge < -0.3 is 4.74 Å². The maximum Gasteiger partial charge on any atom is 0.166 e. The summed E-state index contributed by atoms with van der Waals surface area (Å²) in [6, 6.07) is 7.55. The van der Waals surface area contributed by atoms with Gasteiger partial charge in [0.1, 0.15) is 5.75 Å². The lowest BCUT2D eigenvalue weighted by molar-refractivity contribution is 0.0973. The van der Waals surface area contributed by atoms with Crippen LogP contribution in [-0.4, -0.2) is 12.4 Å². The molecule has 0 aliphatic carbocycles. The summed E-state index contributed by atoms with van der Waals surface area (Å²) >= 11 is 0. The zero-order valence-electron chi connectivity index (χ0n) is 8.87. The fourth-order valence-corrected chi connectivity index (χ4v) is 1.88. The number of para-hydroxylation sites is 1. The van der Waals surface area contributed by atoms with Crippen LogP contribution in [-0.2, 0) is 0 Å². The maximum atomic E-state index is 11.8. The van der Waals surface area contributed by atoms with E-state index in [9.17, 15) is 4.79 Å². The first-order valence-corrected chi connectivity index (χ1v) is 5.63. The second kappa shape index (κ2) is 4.96. The molecule has 1 heterocycles. The van der Waals surface area contributed by atoms with E-state index in [-0.39, 0.29) is 5.78 Å². The molecule has 0 aromatic heterocycles. The Morgan fingerprint density at radius 1 is 1.00 bits per heavy atom. The Morgan fingerprint density at radius 3 is 2.73 bits per heavy atom. The van der Waals surface area contributed by atoms with Crippen LogP contribution in [0.25, 0.3) is 0 Å². The molecule has 2 heteroatoms. The number of rotatable bonds is 0. The Balaban J connectivity index is 2.23. The predicted molar refractivity (Wildman–Crippen MR) is 59.4 cm³/mol. The van der Waals surface area contributed by atoms with E-state index in [1.807, 2.05) is 24.3 Å². The van der Waals surface area contributed by atoms with Crippen molar-refractivity contribution in [3.8, 4) is 5.75 Å². The zero-order valence-corrected chi connectivity index (χ0v) is 8.87. The summed E-state index contributed by atoms with van der Waals surface area (Å²) in [4.78, 5) is 11.8. The van der Waals surface area contributed by atoms with Crippen LogP contribution in [0.3, 0.4) is 0 Å². The second-order valence-corrected chi connectivity index (χ2v) is 3.93. The molecular weight excluding hydrogens is 188 g/mol. The van der Waals surface area contributed by atoms with Crippen molar-refractivity contribution in [1.29, 1.82) is 0 Å². The van der Waals surface area contributed by atoms with E-state index in [4.69, 9.17) is 4.74 Å². The normalized spacial score (nSPS) is 17.7. The summed E-state index contributed by atoms with van der Waals surface area (Å²) < 4.78 is 5.61. The van der Waals surface area contributed by atoms with Gasteiger partial charge in [-0.3, -0.25) is 4.79 Å². The molecule has 0 saturated heterocycles. The number of fused-ring (bicyclic) bond motifs is 1. The molecule has 80 valence electrons. The van der Waals surface area contributed by atoms with Gasteiger partial charge in [0.25, 0.3) is 0 Å². The number of Topliss-reactive ketones (excluding diaryl/α,β-unsaturated/α-hetero) is 1. The largest absolute Gasteiger partial charge is 0.493 e. The maximum absolute atomic E-state index is 11.8. The zero-order chi connectivity index (χ0) is 10.5. The summed E-state index contributed by atoms with van der Waals surface area (Å²) in [7, 11) is 0. The minimum Gasteiger partial charge on any atom is -0.493 e. The SMILES string of the molecule is O=C1CCCCCCOc2ccccc21. The van der Waals surface area contributed by atoms with Gasteiger partial charge in [0.2, 0.25) is 0 Å². The molecule has 0 fully saturated rings. The van der Waals surface area contributed by atoms with Crippen molar-refractivity contribution >= 4 is 5.78 Å². The third kappa shape index (κ3) is 2.58. The van der Waals surface area contributed by atoms with Crippen molar-refractivity contribution < 1.29 is 9.53 Å². The molecule has 15 heavy (non-hydrogen) atoms. The molecule has 1 aliphatic heterocycles. The molecule has 0 saturated carbocycles. The van der Waals surface area contributed by atoms with Crippen LogP contribution in [0, 0.1) is 0 Å². The number of ether oxygens (including phenoxy) is 1. The van der Waals surface area contributed by atoms with Gasteiger partial charge >= 0.3 is 0 Å². The molecule has 0 unspecified atom stereocenters. The van der Waals surface area contributed by atoms with Gasteiger partial charge in [-0.05, 0) is 25.0 Å². The third-order valence-corrected chi connectivity index (χ3v) is 2.74. The summed E-state index contributed by atoms with van der Waals surface area (Å²) in [6.07, 6.45) is 5.04. The number of carbonyl (C=O) groups is 1. The molecular formula is C13H16O2. The highest BCUT2D eigenvalue weighted by Crippen LogP contribution is 2.22. The van der Waals surface area contributed by atoms with Crippen molar-refractivity contribution in [3.63, 3.8) is 0 Å². The quantitative estimate of drug-likeness (QED) is 0.648. The minimum atomic E-state index is 0.215. The summed E-state index contributed by atoms with van der Waals surface area (Å²) in [5, 5.41) is 0. The van der Waals surface area contributed by atoms with E-state index in [1.165, 1.54) is 0 Å². The standard InChI is InChI=1S/C13H16O2/c14-12-8-3-1-2-6-10-15-13-9-5-4-7-11(12)13/h4-5,7,9H,1-3,6,8,10H2. The van der Waals surface area contributed by atoms with Crippen LogP contribution >= 0.6 is 0 Å². The monoisotopic (exact) mass is 204 g/mol. The Bertz CT molecular complexity index is 344. The van der Waals surface area contributed by atoms with Crippen molar-refractivity contribution in [2.24, 2.45) is 0 Å². The Kier molecular flexibility index (Phi) is 3.38. The molecule has 0 spiro atoms. The molecule has 2 rings (SSSR count). The van der Waals surface area contributed by atoms with Crippen LogP contribution in [0.4, 0.5) is 0 Å². The van der Waals surface area contributed by atoms with E-state index >= 15 is 0 Å². The van der Waals surface area contributed by atoms with Crippen LogP contribution < -0.4 is 4.74 Å². The van der Waals surface area contributed by atoms with Gasteiger partial charge in [-0.1, -0.05) is 25.0 Å². The van der Waals surface area contributed by atoms with Crippen molar-refractivity contribution in [2.45, 2.75) is 32.1 Å².